The Bertz CT molecular complexity index is 1040. The Morgan fingerprint density at radius 3 is 1.93 bits per heavy atom. The van der Waals surface area contributed by atoms with Crippen molar-refractivity contribution in [3.63, 3.8) is 0 Å². The van der Waals surface area contributed by atoms with Gasteiger partial charge in [0.2, 0.25) is 10.0 Å². The molecule has 9 heteroatoms. The number of anilines is 1. The Labute approximate surface area is 159 Å². The maximum absolute atomic E-state index is 14.4. The molecule has 0 saturated carbocycles. The Balaban J connectivity index is 1.75. The van der Waals surface area contributed by atoms with Crippen molar-refractivity contribution in [2.24, 2.45) is 0 Å². The highest BCUT2D eigenvalue weighted by molar-refractivity contribution is 7.90. The number of nitrogens with zero attached hydrogens (tertiary/aromatic N) is 2. The molecular weight excluding hydrogens is 391 g/mol. The Morgan fingerprint density at radius 1 is 0.852 bits per heavy atom. The van der Waals surface area contributed by atoms with Crippen LogP contribution in [0.2, 0.25) is 0 Å². The van der Waals surface area contributed by atoms with Crippen molar-refractivity contribution in [1.82, 2.24) is 4.31 Å². The predicted octanol–water partition coefficient (Wildman–Crippen LogP) is 2.05. The van der Waals surface area contributed by atoms with E-state index in [9.17, 15) is 21.2 Å². The maximum Gasteiger partial charge on any atom is 0.243 e. The number of piperazine rings is 1. The van der Waals surface area contributed by atoms with Crippen molar-refractivity contribution < 1.29 is 21.2 Å². The van der Waals surface area contributed by atoms with Crippen LogP contribution in [0.5, 0.6) is 0 Å². The molecule has 0 atom stereocenters. The number of hydrogen-bond acceptors (Lipinski definition) is 5. The first-order valence-electron chi connectivity index (χ1n) is 8.40. The minimum absolute atomic E-state index is 0.0793. The summed E-state index contributed by atoms with van der Waals surface area (Å²) in [5.41, 5.74) is 1.25. The third-order valence-corrected chi connectivity index (χ3v) is 7.61. The van der Waals surface area contributed by atoms with E-state index >= 15 is 0 Å². The molecule has 1 aliphatic rings. The number of aryl methyl sites for hydroxylation is 1. The summed E-state index contributed by atoms with van der Waals surface area (Å²) >= 11 is 0. The van der Waals surface area contributed by atoms with Gasteiger partial charge in [0, 0.05) is 32.4 Å². The molecule has 6 nitrogen and oxygen atoms in total. The zero-order chi connectivity index (χ0) is 19.8. The highest BCUT2D eigenvalue weighted by Gasteiger charge is 2.29. The zero-order valence-corrected chi connectivity index (χ0v) is 16.7. The van der Waals surface area contributed by atoms with E-state index in [-0.39, 0.29) is 28.6 Å². The number of sulfonamides is 1. The van der Waals surface area contributed by atoms with Gasteiger partial charge >= 0.3 is 0 Å². The van der Waals surface area contributed by atoms with Crippen LogP contribution in [0.25, 0.3) is 0 Å². The molecule has 0 radical (unpaired) electrons. The van der Waals surface area contributed by atoms with E-state index in [0.29, 0.717) is 13.1 Å². The first-order chi connectivity index (χ1) is 12.6. The summed E-state index contributed by atoms with van der Waals surface area (Å²) in [5, 5.41) is 0. The highest BCUT2D eigenvalue weighted by Crippen LogP contribution is 2.25. The lowest BCUT2D eigenvalue weighted by Gasteiger charge is -2.35. The van der Waals surface area contributed by atoms with Gasteiger partial charge in [-0.15, -0.1) is 0 Å². The van der Waals surface area contributed by atoms with E-state index in [1.165, 1.54) is 16.4 Å². The number of hydrogen-bond donors (Lipinski definition) is 0. The van der Waals surface area contributed by atoms with Gasteiger partial charge < -0.3 is 4.90 Å². The predicted molar refractivity (Wildman–Crippen MR) is 102 cm³/mol. The minimum atomic E-state index is -3.59. The fourth-order valence-corrected chi connectivity index (χ4v) is 5.06. The van der Waals surface area contributed by atoms with Crippen molar-refractivity contribution in [3.8, 4) is 0 Å². The van der Waals surface area contributed by atoms with Gasteiger partial charge in [0.25, 0.3) is 0 Å². The van der Waals surface area contributed by atoms with E-state index in [0.717, 1.165) is 17.9 Å². The Hall–Kier alpha value is -1.97. The molecule has 0 spiro atoms. The molecular formula is C18H21FN2O4S2. The van der Waals surface area contributed by atoms with Crippen molar-refractivity contribution >= 4 is 25.5 Å². The smallest absolute Gasteiger partial charge is 0.243 e. The van der Waals surface area contributed by atoms with Crippen LogP contribution in [-0.4, -0.2) is 53.6 Å². The normalized spacial score (nSPS) is 16.5. The van der Waals surface area contributed by atoms with Crippen molar-refractivity contribution in [3.05, 3.63) is 53.8 Å². The summed E-state index contributed by atoms with van der Waals surface area (Å²) in [6, 6.07) is 10.5. The average molecular weight is 413 g/mol. The van der Waals surface area contributed by atoms with Crippen LogP contribution >= 0.6 is 0 Å². The minimum Gasteiger partial charge on any atom is -0.367 e. The second-order valence-electron chi connectivity index (χ2n) is 6.59. The average Bonchev–Trinajstić information content (AvgIpc) is 2.61. The lowest BCUT2D eigenvalue weighted by molar-refractivity contribution is 0.383. The molecule has 0 N–H and O–H groups in total. The molecule has 0 aliphatic carbocycles. The molecule has 0 aromatic heterocycles. The van der Waals surface area contributed by atoms with E-state index in [2.05, 4.69) is 0 Å². The molecule has 1 aliphatic heterocycles. The molecule has 0 amide bonds. The number of benzene rings is 2. The SMILES string of the molecule is Cc1ccc(S(=O)(=O)N2CCN(c3ccc(S(C)(=O)=O)cc3F)CC2)cc1. The lowest BCUT2D eigenvalue weighted by Crippen LogP contribution is -2.48. The Morgan fingerprint density at radius 2 is 1.41 bits per heavy atom. The van der Waals surface area contributed by atoms with E-state index in [1.54, 1.807) is 29.2 Å². The quantitative estimate of drug-likeness (QED) is 0.768. The van der Waals surface area contributed by atoms with Gasteiger partial charge in [-0.1, -0.05) is 17.7 Å². The third kappa shape index (κ3) is 4.15. The maximum atomic E-state index is 14.4. The first kappa shape index (κ1) is 19.8. The molecule has 3 rings (SSSR count). The monoisotopic (exact) mass is 412 g/mol. The molecule has 1 heterocycles. The molecule has 1 saturated heterocycles. The number of halogens is 1. The van der Waals surface area contributed by atoms with Crippen LogP contribution in [0, 0.1) is 12.7 Å². The van der Waals surface area contributed by atoms with Crippen LogP contribution in [-0.2, 0) is 19.9 Å². The van der Waals surface area contributed by atoms with Crippen LogP contribution in [0.3, 0.4) is 0 Å². The standard InChI is InChI=1S/C18H21FN2O4S2/c1-14-3-5-15(6-4-14)27(24,25)21-11-9-20(10-12-21)18-8-7-16(13-17(18)19)26(2,22)23/h3-8,13H,9-12H2,1-2H3. The van der Waals surface area contributed by atoms with Gasteiger partial charge in [-0.2, -0.15) is 4.31 Å². The van der Waals surface area contributed by atoms with Crippen molar-refractivity contribution in [2.75, 3.05) is 37.3 Å². The van der Waals surface area contributed by atoms with E-state index in [4.69, 9.17) is 0 Å². The molecule has 146 valence electrons. The molecule has 2 aromatic rings. The van der Waals surface area contributed by atoms with Gasteiger partial charge in [-0.3, -0.25) is 0 Å². The molecule has 1 fully saturated rings. The van der Waals surface area contributed by atoms with Crippen molar-refractivity contribution in [2.45, 2.75) is 16.7 Å². The molecule has 0 bridgehead atoms. The highest BCUT2D eigenvalue weighted by atomic mass is 32.2. The zero-order valence-electron chi connectivity index (χ0n) is 15.1. The summed E-state index contributed by atoms with van der Waals surface area (Å²) < 4.78 is 64.3. The number of rotatable bonds is 4. The molecule has 2 aromatic carbocycles. The van der Waals surface area contributed by atoms with Crippen LogP contribution in [0.15, 0.2) is 52.3 Å². The van der Waals surface area contributed by atoms with Crippen LogP contribution in [0.1, 0.15) is 5.56 Å². The van der Waals surface area contributed by atoms with Crippen molar-refractivity contribution in [1.29, 1.82) is 0 Å². The Kier molecular flexibility index (Phi) is 5.29. The van der Waals surface area contributed by atoms with Crippen LogP contribution in [0.4, 0.5) is 10.1 Å². The molecule has 27 heavy (non-hydrogen) atoms. The van der Waals surface area contributed by atoms with Gasteiger partial charge in [0.1, 0.15) is 5.82 Å². The summed E-state index contributed by atoms with van der Waals surface area (Å²) in [6.45, 7) is 2.98. The van der Waals surface area contributed by atoms with Gasteiger partial charge in [0.15, 0.2) is 9.84 Å². The van der Waals surface area contributed by atoms with Gasteiger partial charge in [0.05, 0.1) is 15.5 Å². The summed E-state index contributed by atoms with van der Waals surface area (Å²) in [7, 11) is -7.07. The number of sulfone groups is 1. The van der Waals surface area contributed by atoms with E-state index < -0.39 is 25.7 Å². The van der Waals surface area contributed by atoms with Gasteiger partial charge in [-0.25, -0.2) is 21.2 Å². The first-order valence-corrected chi connectivity index (χ1v) is 11.7. The summed E-state index contributed by atoms with van der Waals surface area (Å²) in [6.07, 6.45) is 1.02. The summed E-state index contributed by atoms with van der Waals surface area (Å²) in [5.74, 6) is -0.632. The van der Waals surface area contributed by atoms with Gasteiger partial charge in [-0.05, 0) is 37.3 Å². The fraction of sp³-hybridized carbons (Fsp3) is 0.333. The lowest BCUT2D eigenvalue weighted by atomic mass is 10.2. The second-order valence-corrected chi connectivity index (χ2v) is 10.5. The van der Waals surface area contributed by atoms with Crippen LogP contribution < -0.4 is 4.90 Å². The second kappa shape index (κ2) is 7.21. The molecule has 0 unspecified atom stereocenters. The largest absolute Gasteiger partial charge is 0.367 e. The fourth-order valence-electron chi connectivity index (χ4n) is 3.00. The topological polar surface area (TPSA) is 74.8 Å². The summed E-state index contributed by atoms with van der Waals surface area (Å²) in [4.78, 5) is 1.89. The third-order valence-electron chi connectivity index (χ3n) is 4.59. The van der Waals surface area contributed by atoms with E-state index in [1.807, 2.05) is 6.92 Å².